The molecule has 2 rings (SSSR count). The maximum atomic E-state index is 11.7. The molecule has 2 heterocycles. The number of rotatable bonds is 9. The molecule has 0 radical (unpaired) electrons. The van der Waals surface area contributed by atoms with E-state index in [1.54, 1.807) is 0 Å². The molecular formula is C19H36N2O3. The van der Waals surface area contributed by atoms with Gasteiger partial charge in [0.15, 0.2) is 0 Å². The van der Waals surface area contributed by atoms with E-state index < -0.39 is 0 Å². The van der Waals surface area contributed by atoms with Gasteiger partial charge in [-0.15, -0.1) is 0 Å². The van der Waals surface area contributed by atoms with Gasteiger partial charge >= 0.3 is 5.97 Å². The lowest BCUT2D eigenvalue weighted by molar-refractivity contribution is -0.152. The predicted molar refractivity (Wildman–Crippen MR) is 96.2 cm³/mol. The van der Waals surface area contributed by atoms with E-state index in [0.717, 1.165) is 44.8 Å². The van der Waals surface area contributed by atoms with Crippen molar-refractivity contribution in [1.29, 1.82) is 0 Å². The molecule has 0 unspecified atom stereocenters. The summed E-state index contributed by atoms with van der Waals surface area (Å²) in [6.45, 7) is 7.47. The van der Waals surface area contributed by atoms with Crippen LogP contribution in [0.25, 0.3) is 0 Å². The van der Waals surface area contributed by atoms with E-state index in [2.05, 4.69) is 23.8 Å². The number of hydrogen-bond donors (Lipinski definition) is 0. The molecule has 5 nitrogen and oxygen atoms in total. The van der Waals surface area contributed by atoms with E-state index in [0.29, 0.717) is 6.61 Å². The smallest absolute Gasteiger partial charge is 0.332 e. The van der Waals surface area contributed by atoms with Crippen molar-refractivity contribution in [2.24, 2.45) is 0 Å². The molecule has 0 N–H and O–H groups in total. The number of nitrogens with zero attached hydrogens (tertiary/aromatic N) is 2. The van der Waals surface area contributed by atoms with Crippen LogP contribution in [0.4, 0.5) is 0 Å². The number of piperidine rings is 2. The van der Waals surface area contributed by atoms with Gasteiger partial charge in [-0.2, -0.15) is 0 Å². The maximum Gasteiger partial charge on any atom is 0.332 e. The van der Waals surface area contributed by atoms with Gasteiger partial charge in [-0.25, -0.2) is 4.79 Å². The number of ether oxygens (including phenoxy) is 2. The second kappa shape index (κ2) is 11.1. The monoisotopic (exact) mass is 340 g/mol. The number of carbonyl (C=O) groups is 1. The number of carbonyl (C=O) groups excluding carboxylic acids is 1. The Labute approximate surface area is 147 Å². The first-order valence-electron chi connectivity index (χ1n) is 9.89. The van der Waals surface area contributed by atoms with Gasteiger partial charge < -0.3 is 19.3 Å². The molecule has 0 amide bonds. The molecule has 0 spiro atoms. The summed E-state index contributed by atoms with van der Waals surface area (Å²) in [7, 11) is 2.21. The van der Waals surface area contributed by atoms with Gasteiger partial charge in [0, 0.05) is 19.1 Å². The van der Waals surface area contributed by atoms with Crippen molar-refractivity contribution in [3.63, 3.8) is 0 Å². The highest BCUT2D eigenvalue weighted by Crippen LogP contribution is 2.21. The highest BCUT2D eigenvalue weighted by molar-refractivity contribution is 5.70. The number of likely N-dealkylation sites (tertiary alicyclic amines) is 2. The summed E-state index contributed by atoms with van der Waals surface area (Å²) >= 11 is 0. The SMILES string of the molecule is CCCCCCOC(=O)COC1CCN(C2CCN(C)CC2)CC1. The van der Waals surface area contributed by atoms with Gasteiger partial charge in [0.2, 0.25) is 0 Å². The second-order valence-electron chi connectivity index (χ2n) is 7.36. The van der Waals surface area contributed by atoms with E-state index >= 15 is 0 Å². The normalized spacial score (nSPS) is 21.9. The van der Waals surface area contributed by atoms with Crippen LogP contribution in [0.2, 0.25) is 0 Å². The van der Waals surface area contributed by atoms with Crippen LogP contribution in [0.15, 0.2) is 0 Å². The molecule has 2 aliphatic heterocycles. The highest BCUT2D eigenvalue weighted by atomic mass is 16.6. The van der Waals surface area contributed by atoms with Crippen LogP contribution in [0.5, 0.6) is 0 Å². The minimum absolute atomic E-state index is 0.118. The third-order valence-electron chi connectivity index (χ3n) is 5.38. The summed E-state index contributed by atoms with van der Waals surface area (Å²) < 4.78 is 11.0. The van der Waals surface area contributed by atoms with E-state index in [1.807, 2.05) is 0 Å². The Morgan fingerprint density at radius 3 is 2.38 bits per heavy atom. The molecule has 2 aliphatic rings. The van der Waals surface area contributed by atoms with Crippen molar-refractivity contribution >= 4 is 5.97 Å². The number of unbranched alkanes of at least 4 members (excludes halogenated alkanes) is 3. The van der Waals surface area contributed by atoms with E-state index in [1.165, 1.54) is 38.8 Å². The van der Waals surface area contributed by atoms with E-state index in [-0.39, 0.29) is 18.7 Å². The first-order chi connectivity index (χ1) is 11.7. The summed E-state index contributed by atoms with van der Waals surface area (Å²) in [4.78, 5) is 16.7. The van der Waals surface area contributed by atoms with Crippen LogP contribution in [0.1, 0.15) is 58.3 Å². The van der Waals surface area contributed by atoms with Crippen molar-refractivity contribution in [3.8, 4) is 0 Å². The molecule has 0 bridgehead atoms. The Hall–Kier alpha value is -0.650. The van der Waals surface area contributed by atoms with Crippen LogP contribution < -0.4 is 0 Å². The van der Waals surface area contributed by atoms with Crippen LogP contribution in [-0.4, -0.2) is 74.4 Å². The average Bonchev–Trinajstić information content (AvgIpc) is 2.61. The Kier molecular flexibility index (Phi) is 9.07. The summed E-state index contributed by atoms with van der Waals surface area (Å²) in [6.07, 6.45) is 9.39. The molecule has 0 aromatic heterocycles. The van der Waals surface area contributed by atoms with Crippen molar-refractivity contribution in [3.05, 3.63) is 0 Å². The Bertz CT molecular complexity index is 349. The molecule has 5 heteroatoms. The molecule has 0 saturated carbocycles. The lowest BCUT2D eigenvalue weighted by Gasteiger charge is -2.40. The number of hydrogen-bond acceptors (Lipinski definition) is 5. The topological polar surface area (TPSA) is 42.0 Å². The fourth-order valence-corrected chi connectivity index (χ4v) is 3.71. The van der Waals surface area contributed by atoms with Gasteiger partial charge in [-0.1, -0.05) is 26.2 Å². The molecule has 0 atom stereocenters. The molecule has 0 aliphatic carbocycles. The third kappa shape index (κ3) is 7.08. The molecule has 0 aromatic rings. The van der Waals surface area contributed by atoms with E-state index in [9.17, 15) is 4.79 Å². The second-order valence-corrected chi connectivity index (χ2v) is 7.36. The number of esters is 1. The lowest BCUT2D eigenvalue weighted by Crippen LogP contribution is -2.48. The summed E-state index contributed by atoms with van der Waals surface area (Å²) in [6, 6.07) is 0.746. The molecular weight excluding hydrogens is 304 g/mol. The average molecular weight is 341 g/mol. The molecule has 0 aromatic carbocycles. The summed E-state index contributed by atoms with van der Waals surface area (Å²) in [5.41, 5.74) is 0. The zero-order chi connectivity index (χ0) is 17.2. The minimum Gasteiger partial charge on any atom is -0.464 e. The van der Waals surface area contributed by atoms with Crippen LogP contribution >= 0.6 is 0 Å². The maximum absolute atomic E-state index is 11.7. The zero-order valence-corrected chi connectivity index (χ0v) is 15.7. The largest absolute Gasteiger partial charge is 0.464 e. The van der Waals surface area contributed by atoms with E-state index in [4.69, 9.17) is 9.47 Å². The molecule has 2 fully saturated rings. The third-order valence-corrected chi connectivity index (χ3v) is 5.38. The van der Waals surface area contributed by atoms with Crippen molar-refractivity contribution in [1.82, 2.24) is 9.80 Å². The van der Waals surface area contributed by atoms with Gasteiger partial charge in [-0.05, 0) is 52.2 Å². The Balaban J connectivity index is 1.52. The van der Waals surface area contributed by atoms with Crippen molar-refractivity contribution in [2.45, 2.75) is 70.4 Å². The van der Waals surface area contributed by atoms with Crippen LogP contribution in [0, 0.1) is 0 Å². The van der Waals surface area contributed by atoms with Crippen molar-refractivity contribution in [2.75, 3.05) is 46.4 Å². The predicted octanol–water partition coefficient (Wildman–Crippen LogP) is 2.69. The summed E-state index contributed by atoms with van der Waals surface area (Å²) in [5.74, 6) is -0.204. The van der Waals surface area contributed by atoms with Crippen LogP contribution in [0.3, 0.4) is 0 Å². The van der Waals surface area contributed by atoms with Crippen molar-refractivity contribution < 1.29 is 14.3 Å². The minimum atomic E-state index is -0.204. The first-order valence-corrected chi connectivity index (χ1v) is 9.89. The summed E-state index contributed by atoms with van der Waals surface area (Å²) in [5, 5.41) is 0. The first kappa shape index (κ1) is 19.7. The Morgan fingerprint density at radius 2 is 1.71 bits per heavy atom. The quantitative estimate of drug-likeness (QED) is 0.477. The highest BCUT2D eigenvalue weighted by Gasteiger charge is 2.27. The van der Waals surface area contributed by atoms with Crippen LogP contribution in [-0.2, 0) is 14.3 Å². The fraction of sp³-hybridized carbons (Fsp3) is 0.947. The molecule has 2 saturated heterocycles. The standard InChI is InChI=1S/C19H36N2O3/c1-3-4-5-6-15-23-19(22)16-24-18-9-13-21(14-10-18)17-7-11-20(2)12-8-17/h17-18H,3-16H2,1-2H3. The zero-order valence-electron chi connectivity index (χ0n) is 15.7. The lowest BCUT2D eigenvalue weighted by atomic mass is 9.99. The van der Waals surface area contributed by atoms with Gasteiger partial charge in [0.05, 0.1) is 12.7 Å². The van der Waals surface area contributed by atoms with Gasteiger partial charge in [-0.3, -0.25) is 0 Å². The fourth-order valence-electron chi connectivity index (χ4n) is 3.71. The van der Waals surface area contributed by atoms with Gasteiger partial charge in [0.1, 0.15) is 6.61 Å². The van der Waals surface area contributed by atoms with Gasteiger partial charge in [0.25, 0.3) is 0 Å². The molecule has 140 valence electrons. The molecule has 24 heavy (non-hydrogen) atoms. The Morgan fingerprint density at radius 1 is 1.00 bits per heavy atom.